The van der Waals surface area contributed by atoms with E-state index in [1.807, 2.05) is 0 Å². The van der Waals surface area contributed by atoms with Crippen molar-refractivity contribution in [2.75, 3.05) is 20.1 Å². The van der Waals surface area contributed by atoms with E-state index in [4.69, 9.17) is 0 Å². The van der Waals surface area contributed by atoms with Crippen LogP contribution in [0.4, 0.5) is 0 Å². The molecular formula is C20H30N2O3. The van der Waals surface area contributed by atoms with Crippen LogP contribution in [0.2, 0.25) is 0 Å². The van der Waals surface area contributed by atoms with Crippen LogP contribution < -0.4 is 5.32 Å². The zero-order chi connectivity index (χ0) is 18.7. The molecule has 5 nitrogen and oxygen atoms in total. The van der Waals surface area contributed by atoms with E-state index in [2.05, 4.69) is 26.1 Å². The molecule has 1 aromatic carbocycles. The largest absolute Gasteiger partial charge is 0.388 e. The number of carbonyl (C=O) groups excluding carboxylic acids is 2. The van der Waals surface area contributed by atoms with Crippen molar-refractivity contribution in [2.24, 2.45) is 5.41 Å². The molecule has 0 aromatic heterocycles. The standard InChI is InChI=1S/C20H30N2O3/c1-19(2,3)13-21-17(23)15-7-9-16(10-8-15)18(24)22(4)14-20(25)11-5-6-12-20/h7-10,25H,5-6,11-14H2,1-4H3,(H,21,23). The summed E-state index contributed by atoms with van der Waals surface area (Å²) in [6, 6.07) is 6.68. The first-order valence-electron chi connectivity index (χ1n) is 8.96. The molecule has 0 saturated heterocycles. The summed E-state index contributed by atoms with van der Waals surface area (Å²) in [5.41, 5.74) is 0.334. The van der Waals surface area contributed by atoms with Gasteiger partial charge in [-0.3, -0.25) is 9.59 Å². The number of benzene rings is 1. The lowest BCUT2D eigenvalue weighted by Crippen LogP contribution is -2.42. The van der Waals surface area contributed by atoms with Gasteiger partial charge in [-0.05, 0) is 42.5 Å². The molecule has 1 fully saturated rings. The molecule has 0 heterocycles. The Labute approximate surface area is 150 Å². The van der Waals surface area contributed by atoms with Crippen LogP contribution in [0, 0.1) is 5.41 Å². The smallest absolute Gasteiger partial charge is 0.253 e. The molecule has 25 heavy (non-hydrogen) atoms. The summed E-state index contributed by atoms with van der Waals surface area (Å²) in [6.07, 6.45) is 3.52. The first kappa shape index (κ1) is 19.4. The molecule has 1 aliphatic carbocycles. The molecule has 0 unspecified atom stereocenters. The molecular weight excluding hydrogens is 316 g/mol. The van der Waals surface area contributed by atoms with Crippen LogP contribution in [0.25, 0.3) is 0 Å². The highest BCUT2D eigenvalue weighted by atomic mass is 16.3. The second kappa shape index (κ2) is 7.56. The van der Waals surface area contributed by atoms with E-state index in [0.29, 0.717) is 24.2 Å². The highest BCUT2D eigenvalue weighted by Crippen LogP contribution is 2.30. The van der Waals surface area contributed by atoms with E-state index in [9.17, 15) is 14.7 Å². The molecule has 0 aliphatic heterocycles. The van der Waals surface area contributed by atoms with E-state index in [-0.39, 0.29) is 17.2 Å². The van der Waals surface area contributed by atoms with Crippen LogP contribution in [0.3, 0.4) is 0 Å². The monoisotopic (exact) mass is 346 g/mol. The maximum absolute atomic E-state index is 12.5. The van der Waals surface area contributed by atoms with E-state index >= 15 is 0 Å². The lowest BCUT2D eigenvalue weighted by Gasteiger charge is -2.28. The third-order valence-corrected chi connectivity index (χ3v) is 4.59. The number of likely N-dealkylation sites (N-methyl/N-ethyl adjacent to an activating group) is 1. The molecule has 1 saturated carbocycles. The average Bonchev–Trinajstić information content (AvgIpc) is 2.97. The summed E-state index contributed by atoms with van der Waals surface area (Å²) >= 11 is 0. The molecule has 2 N–H and O–H groups in total. The van der Waals surface area contributed by atoms with Gasteiger partial charge in [0.05, 0.1) is 5.60 Å². The Bertz CT molecular complexity index is 611. The van der Waals surface area contributed by atoms with Gasteiger partial charge in [0.2, 0.25) is 0 Å². The molecule has 1 aromatic rings. The number of carbonyl (C=O) groups is 2. The molecule has 0 spiro atoms. The second-order valence-electron chi connectivity index (χ2n) is 8.41. The fourth-order valence-corrected chi connectivity index (χ4v) is 3.14. The first-order chi connectivity index (χ1) is 11.6. The van der Waals surface area contributed by atoms with Crippen molar-refractivity contribution in [3.63, 3.8) is 0 Å². The molecule has 2 amide bonds. The SMILES string of the molecule is CN(CC1(O)CCCC1)C(=O)c1ccc(C(=O)NCC(C)(C)C)cc1. The van der Waals surface area contributed by atoms with Gasteiger partial charge in [0.15, 0.2) is 0 Å². The first-order valence-corrected chi connectivity index (χ1v) is 8.96. The van der Waals surface area contributed by atoms with Crippen molar-refractivity contribution in [1.29, 1.82) is 0 Å². The highest BCUT2D eigenvalue weighted by Gasteiger charge is 2.33. The molecule has 0 bridgehead atoms. The van der Waals surface area contributed by atoms with Gasteiger partial charge in [-0.1, -0.05) is 33.6 Å². The van der Waals surface area contributed by atoms with Gasteiger partial charge < -0.3 is 15.3 Å². The molecule has 0 radical (unpaired) electrons. The predicted octanol–water partition coefficient (Wildman–Crippen LogP) is 2.84. The van der Waals surface area contributed by atoms with Crippen molar-refractivity contribution in [3.05, 3.63) is 35.4 Å². The summed E-state index contributed by atoms with van der Waals surface area (Å²) in [5, 5.41) is 13.3. The zero-order valence-electron chi connectivity index (χ0n) is 15.8. The van der Waals surface area contributed by atoms with Crippen molar-refractivity contribution in [2.45, 2.75) is 52.1 Å². The summed E-state index contributed by atoms with van der Waals surface area (Å²) < 4.78 is 0. The Morgan fingerprint density at radius 1 is 1.12 bits per heavy atom. The normalized spacial score (nSPS) is 16.5. The second-order valence-corrected chi connectivity index (χ2v) is 8.41. The Kier molecular flexibility index (Phi) is 5.88. The van der Waals surface area contributed by atoms with Gasteiger partial charge in [0.1, 0.15) is 0 Å². The van der Waals surface area contributed by atoms with E-state index in [1.165, 1.54) is 0 Å². The Morgan fingerprint density at radius 3 is 2.16 bits per heavy atom. The summed E-state index contributed by atoms with van der Waals surface area (Å²) in [4.78, 5) is 26.2. The lowest BCUT2D eigenvalue weighted by molar-refractivity contribution is 0.0157. The molecule has 138 valence electrons. The average molecular weight is 346 g/mol. The van der Waals surface area contributed by atoms with Crippen molar-refractivity contribution in [1.82, 2.24) is 10.2 Å². The van der Waals surface area contributed by atoms with Crippen LogP contribution in [0.15, 0.2) is 24.3 Å². The van der Waals surface area contributed by atoms with Crippen LogP contribution in [0.1, 0.15) is 67.2 Å². The fraction of sp³-hybridized carbons (Fsp3) is 0.600. The van der Waals surface area contributed by atoms with Crippen molar-refractivity contribution < 1.29 is 14.7 Å². The number of nitrogens with one attached hydrogen (secondary N) is 1. The van der Waals surface area contributed by atoms with Crippen LogP contribution in [-0.2, 0) is 0 Å². The number of rotatable bonds is 5. The minimum absolute atomic E-state index is 0.0226. The van der Waals surface area contributed by atoms with Crippen LogP contribution in [0.5, 0.6) is 0 Å². The molecule has 5 heteroatoms. The Balaban J connectivity index is 1.96. The lowest BCUT2D eigenvalue weighted by atomic mass is 9.97. The quantitative estimate of drug-likeness (QED) is 0.861. The summed E-state index contributed by atoms with van der Waals surface area (Å²) in [6.45, 7) is 7.11. The van der Waals surface area contributed by atoms with Gasteiger partial charge >= 0.3 is 0 Å². The Morgan fingerprint density at radius 2 is 1.64 bits per heavy atom. The van der Waals surface area contributed by atoms with Crippen molar-refractivity contribution >= 4 is 11.8 Å². The molecule has 0 atom stereocenters. The number of amides is 2. The van der Waals surface area contributed by atoms with E-state index < -0.39 is 5.60 Å². The third kappa shape index (κ3) is 5.56. The van der Waals surface area contributed by atoms with E-state index in [1.54, 1.807) is 36.2 Å². The number of nitrogens with zero attached hydrogens (tertiary/aromatic N) is 1. The number of aliphatic hydroxyl groups is 1. The number of hydrogen-bond donors (Lipinski definition) is 2. The minimum Gasteiger partial charge on any atom is -0.388 e. The van der Waals surface area contributed by atoms with Gasteiger partial charge in [-0.2, -0.15) is 0 Å². The van der Waals surface area contributed by atoms with Gasteiger partial charge in [0, 0.05) is 31.3 Å². The van der Waals surface area contributed by atoms with Gasteiger partial charge in [-0.25, -0.2) is 0 Å². The maximum atomic E-state index is 12.5. The summed E-state index contributed by atoms with van der Waals surface area (Å²) in [5.74, 6) is -0.274. The Hall–Kier alpha value is -1.88. The maximum Gasteiger partial charge on any atom is 0.253 e. The van der Waals surface area contributed by atoms with Crippen molar-refractivity contribution in [3.8, 4) is 0 Å². The van der Waals surface area contributed by atoms with E-state index in [0.717, 1.165) is 25.7 Å². The summed E-state index contributed by atoms with van der Waals surface area (Å²) in [7, 11) is 1.71. The molecule has 2 rings (SSSR count). The highest BCUT2D eigenvalue weighted by molar-refractivity contribution is 5.97. The topological polar surface area (TPSA) is 69.6 Å². The van der Waals surface area contributed by atoms with Gasteiger partial charge in [0.25, 0.3) is 11.8 Å². The zero-order valence-corrected chi connectivity index (χ0v) is 15.8. The van der Waals surface area contributed by atoms with Crippen LogP contribution in [-0.4, -0.2) is 47.6 Å². The van der Waals surface area contributed by atoms with Gasteiger partial charge in [-0.15, -0.1) is 0 Å². The third-order valence-electron chi connectivity index (χ3n) is 4.59. The predicted molar refractivity (Wildman–Crippen MR) is 98.6 cm³/mol. The fourth-order valence-electron chi connectivity index (χ4n) is 3.14. The minimum atomic E-state index is -0.753. The number of hydrogen-bond acceptors (Lipinski definition) is 3. The van der Waals surface area contributed by atoms with Crippen LogP contribution >= 0.6 is 0 Å². The molecule has 1 aliphatic rings.